The van der Waals surface area contributed by atoms with E-state index in [2.05, 4.69) is 59.7 Å². The number of aryl methyl sites for hydroxylation is 3. The van der Waals surface area contributed by atoms with Crippen molar-refractivity contribution in [3.63, 3.8) is 0 Å². The zero-order chi connectivity index (χ0) is 33.9. The molecule has 3 rings (SSSR count). The first kappa shape index (κ1) is 38.7. The van der Waals surface area contributed by atoms with Gasteiger partial charge in [0.25, 0.3) is 0 Å². The first-order chi connectivity index (χ1) is 22.9. The Labute approximate surface area is 287 Å². The van der Waals surface area contributed by atoms with E-state index in [1.54, 1.807) is 0 Å². The van der Waals surface area contributed by atoms with Crippen LogP contribution in [0.25, 0.3) is 0 Å². The molecule has 0 aliphatic carbocycles. The summed E-state index contributed by atoms with van der Waals surface area (Å²) in [6.45, 7) is 13.3. The maximum absolute atomic E-state index is 15.3. The molecular formula is C42H63O4P. The van der Waals surface area contributed by atoms with E-state index in [0.717, 1.165) is 132 Å². The molecule has 4 nitrogen and oxygen atoms in total. The zero-order valence-corrected chi connectivity index (χ0v) is 31.4. The van der Waals surface area contributed by atoms with Crippen molar-refractivity contribution in [1.82, 2.24) is 0 Å². The van der Waals surface area contributed by atoms with Crippen LogP contribution in [0.3, 0.4) is 0 Å². The zero-order valence-electron chi connectivity index (χ0n) is 30.5. The molecule has 0 aliphatic heterocycles. The van der Waals surface area contributed by atoms with E-state index in [1.807, 2.05) is 36.4 Å². The largest absolute Gasteiger partial charge is 0.647 e. The van der Waals surface area contributed by atoms with Crippen LogP contribution in [-0.4, -0.2) is 0 Å². The van der Waals surface area contributed by atoms with E-state index in [0.29, 0.717) is 17.2 Å². The molecule has 0 bridgehead atoms. The Morgan fingerprint density at radius 1 is 0.404 bits per heavy atom. The minimum Gasteiger partial charge on any atom is -0.386 e. The van der Waals surface area contributed by atoms with Crippen LogP contribution in [0.2, 0.25) is 0 Å². The summed E-state index contributed by atoms with van der Waals surface area (Å²) < 4.78 is 35.2. The number of benzene rings is 3. The van der Waals surface area contributed by atoms with Crippen molar-refractivity contribution in [2.75, 3.05) is 0 Å². The molecule has 0 atom stereocenters. The predicted molar refractivity (Wildman–Crippen MR) is 200 cm³/mol. The van der Waals surface area contributed by atoms with Gasteiger partial charge in [-0.15, -0.1) is 0 Å². The second-order valence-corrected chi connectivity index (χ2v) is 14.5. The molecule has 47 heavy (non-hydrogen) atoms. The van der Waals surface area contributed by atoms with Crippen LogP contribution < -0.4 is 13.6 Å². The summed E-state index contributed by atoms with van der Waals surface area (Å²) in [4.78, 5) is 0. The number of phosphoric acid groups is 1. The standard InChI is InChI=1S/C42H63O4P/c1-7-13-22-34-25-19-31-40(37(34)28-16-10-4)44-47(43,45-41-32-20-26-35(23-14-8-2)38(41)29-17-11-5)46-42-33-21-27-36(24-15-9-3)39(42)30-18-12-6/h19-21,25-27,31-33H,7-18,22-24,28-30H2,1-6H3. The Morgan fingerprint density at radius 2 is 0.660 bits per heavy atom. The SMILES string of the molecule is CCCCc1cccc(OP(=O)(Oc2cccc(CCCC)c2CCCC)Oc2cccc(CCCC)c2CCCC)c1CCCC. The lowest BCUT2D eigenvalue weighted by Crippen LogP contribution is -2.12. The first-order valence-electron chi connectivity index (χ1n) is 18.9. The van der Waals surface area contributed by atoms with Gasteiger partial charge < -0.3 is 13.6 Å². The quantitative estimate of drug-likeness (QED) is 0.0896. The van der Waals surface area contributed by atoms with E-state index in [9.17, 15) is 0 Å². The molecule has 0 aliphatic rings. The van der Waals surface area contributed by atoms with Gasteiger partial charge in [0.1, 0.15) is 17.2 Å². The molecule has 0 N–H and O–H groups in total. The van der Waals surface area contributed by atoms with E-state index < -0.39 is 7.82 Å². The van der Waals surface area contributed by atoms with E-state index in [4.69, 9.17) is 13.6 Å². The third-order valence-corrected chi connectivity index (χ3v) is 10.3. The Bertz CT molecular complexity index is 1220. The highest BCUT2D eigenvalue weighted by molar-refractivity contribution is 7.49. The van der Waals surface area contributed by atoms with Crippen LogP contribution in [0, 0.1) is 0 Å². The van der Waals surface area contributed by atoms with E-state index in [-0.39, 0.29) is 0 Å². The van der Waals surface area contributed by atoms with Gasteiger partial charge >= 0.3 is 7.82 Å². The molecule has 260 valence electrons. The summed E-state index contributed by atoms with van der Waals surface area (Å²) in [5, 5.41) is 0. The molecule has 0 aromatic heterocycles. The van der Waals surface area contributed by atoms with Gasteiger partial charge in [-0.05, 0) is 129 Å². The van der Waals surface area contributed by atoms with Crippen molar-refractivity contribution in [1.29, 1.82) is 0 Å². The minimum absolute atomic E-state index is 0.616. The molecule has 0 saturated carbocycles. The lowest BCUT2D eigenvalue weighted by atomic mass is 9.97. The van der Waals surface area contributed by atoms with Crippen LogP contribution in [0.4, 0.5) is 0 Å². The maximum Gasteiger partial charge on any atom is 0.647 e. The number of rotatable bonds is 24. The summed E-state index contributed by atoms with van der Waals surface area (Å²) in [6, 6.07) is 18.5. The molecule has 0 heterocycles. The minimum atomic E-state index is -4.20. The monoisotopic (exact) mass is 662 g/mol. The van der Waals surface area contributed by atoms with Crippen LogP contribution in [-0.2, 0) is 43.1 Å². The average molecular weight is 663 g/mol. The third-order valence-electron chi connectivity index (χ3n) is 9.06. The number of unbranched alkanes of at least 4 members (excludes halogenated alkanes) is 6. The second kappa shape index (κ2) is 21.3. The van der Waals surface area contributed by atoms with Crippen LogP contribution in [0.1, 0.15) is 152 Å². The Morgan fingerprint density at radius 3 is 0.915 bits per heavy atom. The van der Waals surface area contributed by atoms with Crippen molar-refractivity contribution >= 4 is 7.82 Å². The van der Waals surface area contributed by atoms with Crippen molar-refractivity contribution in [3.8, 4) is 17.2 Å². The van der Waals surface area contributed by atoms with Crippen molar-refractivity contribution in [3.05, 3.63) is 88.0 Å². The maximum atomic E-state index is 15.3. The van der Waals surface area contributed by atoms with Gasteiger partial charge in [-0.1, -0.05) is 116 Å². The highest BCUT2D eigenvalue weighted by Crippen LogP contribution is 2.53. The molecule has 5 heteroatoms. The van der Waals surface area contributed by atoms with E-state index >= 15 is 4.57 Å². The normalized spacial score (nSPS) is 11.5. The van der Waals surface area contributed by atoms with Gasteiger partial charge in [0.05, 0.1) is 0 Å². The summed E-state index contributed by atoms with van der Waals surface area (Å²) in [5.74, 6) is 1.85. The average Bonchev–Trinajstić information content (AvgIpc) is 3.07. The topological polar surface area (TPSA) is 44.8 Å². The van der Waals surface area contributed by atoms with Crippen LogP contribution in [0.5, 0.6) is 17.2 Å². The first-order valence-corrected chi connectivity index (χ1v) is 20.4. The van der Waals surface area contributed by atoms with Gasteiger partial charge in [0.15, 0.2) is 0 Å². The fourth-order valence-corrected chi connectivity index (χ4v) is 7.57. The smallest absolute Gasteiger partial charge is 0.386 e. The Hall–Kier alpha value is -2.71. The van der Waals surface area contributed by atoms with Gasteiger partial charge in [-0.25, -0.2) is 0 Å². The van der Waals surface area contributed by atoms with Crippen LogP contribution in [0.15, 0.2) is 54.6 Å². The molecule has 0 saturated heterocycles. The van der Waals surface area contributed by atoms with Crippen molar-refractivity contribution in [2.24, 2.45) is 0 Å². The summed E-state index contributed by atoms with van der Waals surface area (Å²) in [6.07, 6.45) is 18.5. The highest BCUT2D eigenvalue weighted by Gasteiger charge is 2.36. The van der Waals surface area contributed by atoms with Gasteiger partial charge in [0, 0.05) is 0 Å². The van der Waals surface area contributed by atoms with Gasteiger partial charge in [-0.2, -0.15) is 4.57 Å². The number of phosphoric ester groups is 1. The molecular weight excluding hydrogens is 599 g/mol. The number of hydrogen-bond donors (Lipinski definition) is 0. The molecule has 0 unspecified atom stereocenters. The van der Waals surface area contributed by atoms with Gasteiger partial charge in [0.2, 0.25) is 0 Å². The molecule has 0 amide bonds. The Balaban J connectivity index is 2.17. The fraction of sp³-hybridized carbons (Fsp3) is 0.571. The lowest BCUT2D eigenvalue weighted by Gasteiger charge is -2.25. The summed E-state index contributed by atoms with van der Waals surface area (Å²) in [5.41, 5.74) is 7.17. The highest BCUT2D eigenvalue weighted by atomic mass is 31.2. The number of hydrogen-bond acceptors (Lipinski definition) is 4. The lowest BCUT2D eigenvalue weighted by molar-refractivity contribution is 0.294. The van der Waals surface area contributed by atoms with Gasteiger partial charge in [-0.3, -0.25) is 0 Å². The molecule has 3 aromatic rings. The third kappa shape index (κ3) is 12.0. The molecule has 0 fully saturated rings. The molecule has 0 radical (unpaired) electrons. The predicted octanol–water partition coefficient (Wildman–Crippen LogP) is 13.4. The van der Waals surface area contributed by atoms with Crippen molar-refractivity contribution < 1.29 is 18.1 Å². The van der Waals surface area contributed by atoms with E-state index in [1.165, 1.54) is 16.7 Å². The van der Waals surface area contributed by atoms with Crippen LogP contribution >= 0.6 is 7.82 Å². The second-order valence-electron chi connectivity index (χ2n) is 13.0. The van der Waals surface area contributed by atoms with Crippen molar-refractivity contribution in [2.45, 2.75) is 157 Å². The molecule has 0 spiro atoms. The Kier molecular flexibility index (Phi) is 17.6. The summed E-state index contributed by atoms with van der Waals surface area (Å²) in [7, 11) is -4.20. The molecule has 3 aromatic carbocycles. The fourth-order valence-electron chi connectivity index (χ4n) is 6.22. The summed E-state index contributed by atoms with van der Waals surface area (Å²) >= 11 is 0.